The lowest BCUT2D eigenvalue weighted by Gasteiger charge is -2.12. The Hall–Kier alpha value is -1.68. The van der Waals surface area contributed by atoms with Gasteiger partial charge in [-0.1, -0.05) is 6.42 Å². The van der Waals surface area contributed by atoms with Gasteiger partial charge in [-0.15, -0.1) is 11.6 Å². The molecule has 0 saturated carbocycles. The van der Waals surface area contributed by atoms with Gasteiger partial charge < -0.3 is 14.8 Å². The summed E-state index contributed by atoms with van der Waals surface area (Å²) in [5.74, 6) is 3.04. The summed E-state index contributed by atoms with van der Waals surface area (Å²) in [7, 11) is 3.28. The van der Waals surface area contributed by atoms with E-state index in [1.807, 2.05) is 18.2 Å². The van der Waals surface area contributed by atoms with Gasteiger partial charge in [0.2, 0.25) is 0 Å². The highest BCUT2D eigenvalue weighted by Crippen LogP contribution is 2.34. The number of alkyl halides is 1. The summed E-state index contributed by atoms with van der Waals surface area (Å²) in [6.07, 6.45) is 5.06. The van der Waals surface area contributed by atoms with E-state index in [1.165, 1.54) is 0 Å². The van der Waals surface area contributed by atoms with Crippen LogP contribution in [-0.4, -0.2) is 31.6 Å². The van der Waals surface area contributed by atoms with Crippen molar-refractivity contribution in [1.29, 1.82) is 0 Å². The van der Waals surface area contributed by atoms with E-state index < -0.39 is 0 Å². The summed E-state index contributed by atoms with van der Waals surface area (Å²) in [4.78, 5) is 4.42. The fourth-order valence-corrected chi connectivity index (χ4v) is 2.43. The van der Waals surface area contributed by atoms with Crippen molar-refractivity contribution in [1.82, 2.24) is 4.98 Å². The highest BCUT2D eigenvalue weighted by Gasteiger charge is 2.09. The largest absolute Gasteiger partial charge is 0.493 e. The number of unbranched alkanes of at least 4 members (excludes halogenated alkanes) is 2. The summed E-state index contributed by atoms with van der Waals surface area (Å²) in [5.41, 5.74) is 0. The molecule has 114 valence electrons. The van der Waals surface area contributed by atoms with Crippen molar-refractivity contribution < 1.29 is 9.47 Å². The number of benzene rings is 1. The third-order valence-corrected chi connectivity index (χ3v) is 3.64. The number of hydrogen-bond donors (Lipinski definition) is 1. The van der Waals surface area contributed by atoms with Gasteiger partial charge in [0.25, 0.3) is 0 Å². The number of pyridine rings is 1. The first-order valence-corrected chi connectivity index (χ1v) is 7.64. The van der Waals surface area contributed by atoms with Crippen LogP contribution < -0.4 is 14.8 Å². The maximum atomic E-state index is 5.68. The Morgan fingerprint density at radius 1 is 1.10 bits per heavy atom. The zero-order valence-electron chi connectivity index (χ0n) is 12.5. The van der Waals surface area contributed by atoms with Crippen molar-refractivity contribution in [3.05, 3.63) is 24.4 Å². The van der Waals surface area contributed by atoms with Gasteiger partial charge in [-0.2, -0.15) is 0 Å². The number of aromatic nitrogens is 1. The van der Waals surface area contributed by atoms with Crippen LogP contribution in [0.4, 0.5) is 5.82 Å². The molecule has 21 heavy (non-hydrogen) atoms. The first-order valence-electron chi connectivity index (χ1n) is 7.10. The maximum absolute atomic E-state index is 5.68. The Morgan fingerprint density at radius 3 is 2.57 bits per heavy atom. The number of fused-ring (bicyclic) bond motifs is 1. The van der Waals surface area contributed by atoms with Crippen molar-refractivity contribution in [3.8, 4) is 11.5 Å². The minimum absolute atomic E-state index is 0.711. The minimum atomic E-state index is 0.711. The van der Waals surface area contributed by atoms with Gasteiger partial charge in [0.05, 0.1) is 14.2 Å². The van der Waals surface area contributed by atoms with Crippen LogP contribution in [-0.2, 0) is 0 Å². The first kappa shape index (κ1) is 15.7. The van der Waals surface area contributed by atoms with E-state index in [-0.39, 0.29) is 0 Å². The summed E-state index contributed by atoms with van der Waals surface area (Å²) >= 11 is 5.68. The van der Waals surface area contributed by atoms with Crippen molar-refractivity contribution in [2.24, 2.45) is 0 Å². The van der Waals surface area contributed by atoms with E-state index in [2.05, 4.69) is 10.3 Å². The topological polar surface area (TPSA) is 43.4 Å². The Balaban J connectivity index is 2.19. The average Bonchev–Trinajstić information content (AvgIpc) is 2.53. The summed E-state index contributed by atoms with van der Waals surface area (Å²) in [6, 6.07) is 5.90. The fraction of sp³-hybridized carbons (Fsp3) is 0.438. The lowest BCUT2D eigenvalue weighted by atomic mass is 10.1. The van der Waals surface area contributed by atoms with E-state index in [0.717, 1.165) is 54.0 Å². The molecule has 1 aromatic heterocycles. The predicted molar refractivity (Wildman–Crippen MR) is 87.9 cm³/mol. The number of methoxy groups -OCH3 is 2. The molecule has 0 aliphatic carbocycles. The van der Waals surface area contributed by atoms with Gasteiger partial charge in [-0.05, 0) is 36.4 Å². The molecule has 0 bridgehead atoms. The Bertz CT molecular complexity index is 590. The average molecular weight is 309 g/mol. The first-order chi connectivity index (χ1) is 10.3. The minimum Gasteiger partial charge on any atom is -0.493 e. The second-order valence-corrected chi connectivity index (χ2v) is 5.14. The molecule has 0 atom stereocenters. The SMILES string of the molecule is COc1cc2ccnc(NCCCCCCl)c2cc1OC. The number of rotatable bonds is 8. The van der Waals surface area contributed by atoms with Crippen LogP contribution in [0.15, 0.2) is 24.4 Å². The zero-order valence-corrected chi connectivity index (χ0v) is 13.2. The van der Waals surface area contributed by atoms with E-state index in [9.17, 15) is 0 Å². The van der Waals surface area contributed by atoms with Crippen LogP contribution in [0.25, 0.3) is 10.8 Å². The van der Waals surface area contributed by atoms with Crippen LogP contribution in [0.2, 0.25) is 0 Å². The number of anilines is 1. The molecule has 1 heterocycles. The lowest BCUT2D eigenvalue weighted by Crippen LogP contribution is -2.04. The zero-order chi connectivity index (χ0) is 15.1. The van der Waals surface area contributed by atoms with E-state index in [1.54, 1.807) is 20.4 Å². The number of nitrogens with zero attached hydrogens (tertiary/aromatic N) is 1. The molecular formula is C16H21ClN2O2. The van der Waals surface area contributed by atoms with Crippen molar-refractivity contribution in [2.45, 2.75) is 19.3 Å². The van der Waals surface area contributed by atoms with Gasteiger partial charge in [0.15, 0.2) is 11.5 Å². The standard InChI is InChI=1S/C16H21ClN2O2/c1-20-14-10-12-6-9-19-16(13(12)11-15(14)21-2)18-8-5-3-4-7-17/h6,9-11H,3-5,7-8H2,1-2H3,(H,18,19). The third kappa shape index (κ3) is 3.91. The highest BCUT2D eigenvalue weighted by molar-refractivity contribution is 6.17. The Labute approximate surface area is 130 Å². The van der Waals surface area contributed by atoms with Crippen LogP contribution in [0, 0.1) is 0 Å². The maximum Gasteiger partial charge on any atom is 0.161 e. The summed E-state index contributed by atoms with van der Waals surface area (Å²) in [5, 5.41) is 5.49. The van der Waals surface area contributed by atoms with Crippen LogP contribution in [0.1, 0.15) is 19.3 Å². The van der Waals surface area contributed by atoms with Crippen molar-refractivity contribution in [3.63, 3.8) is 0 Å². The van der Waals surface area contributed by atoms with Gasteiger partial charge in [-0.25, -0.2) is 4.98 Å². The van der Waals surface area contributed by atoms with Gasteiger partial charge in [-0.3, -0.25) is 0 Å². The summed E-state index contributed by atoms with van der Waals surface area (Å²) < 4.78 is 10.7. The second kappa shape index (κ2) is 7.93. The Kier molecular flexibility index (Phi) is 5.93. The molecule has 0 amide bonds. The number of halogens is 1. The lowest BCUT2D eigenvalue weighted by molar-refractivity contribution is 0.356. The van der Waals surface area contributed by atoms with Gasteiger partial charge in [0, 0.05) is 24.0 Å². The number of ether oxygens (including phenoxy) is 2. The van der Waals surface area contributed by atoms with Crippen LogP contribution >= 0.6 is 11.6 Å². The molecule has 1 N–H and O–H groups in total. The van der Waals surface area contributed by atoms with Crippen molar-refractivity contribution in [2.75, 3.05) is 32.0 Å². The molecule has 0 spiro atoms. The molecule has 1 aromatic carbocycles. The quantitative estimate of drug-likeness (QED) is 0.589. The van der Waals surface area contributed by atoms with Crippen molar-refractivity contribution >= 4 is 28.2 Å². The molecule has 0 aliphatic rings. The molecule has 0 fully saturated rings. The molecule has 0 radical (unpaired) electrons. The predicted octanol–water partition coefficient (Wildman–Crippen LogP) is 4.07. The van der Waals surface area contributed by atoms with Gasteiger partial charge >= 0.3 is 0 Å². The van der Waals surface area contributed by atoms with Crippen LogP contribution in [0.3, 0.4) is 0 Å². The smallest absolute Gasteiger partial charge is 0.161 e. The number of hydrogen-bond acceptors (Lipinski definition) is 4. The van der Waals surface area contributed by atoms with Crippen LogP contribution in [0.5, 0.6) is 11.5 Å². The Morgan fingerprint density at radius 2 is 1.86 bits per heavy atom. The molecule has 0 unspecified atom stereocenters. The molecule has 0 aliphatic heterocycles. The fourth-order valence-electron chi connectivity index (χ4n) is 2.24. The normalized spacial score (nSPS) is 10.6. The van der Waals surface area contributed by atoms with E-state index >= 15 is 0 Å². The third-order valence-electron chi connectivity index (χ3n) is 3.37. The summed E-state index contributed by atoms with van der Waals surface area (Å²) in [6.45, 7) is 0.886. The molecule has 2 aromatic rings. The monoisotopic (exact) mass is 308 g/mol. The number of nitrogens with one attached hydrogen (secondary N) is 1. The molecule has 2 rings (SSSR count). The molecule has 4 nitrogen and oxygen atoms in total. The molecule has 5 heteroatoms. The van der Waals surface area contributed by atoms with E-state index in [0.29, 0.717) is 5.75 Å². The van der Waals surface area contributed by atoms with Gasteiger partial charge in [0.1, 0.15) is 5.82 Å². The van der Waals surface area contributed by atoms with E-state index in [4.69, 9.17) is 21.1 Å². The molecule has 0 saturated heterocycles. The highest BCUT2D eigenvalue weighted by atomic mass is 35.5. The molecular weight excluding hydrogens is 288 g/mol. The second-order valence-electron chi connectivity index (χ2n) is 4.76.